The number of carbonyl (C=O) groups excluding carboxylic acids is 1. The Hall–Kier alpha value is -1.59. The van der Waals surface area contributed by atoms with E-state index in [0.29, 0.717) is 24.5 Å². The Labute approximate surface area is 126 Å². The zero-order valence-electron chi connectivity index (χ0n) is 13.2. The van der Waals surface area contributed by atoms with Gasteiger partial charge in [0.25, 0.3) is 5.91 Å². The minimum absolute atomic E-state index is 0.178. The van der Waals surface area contributed by atoms with Gasteiger partial charge in [0, 0.05) is 25.8 Å². The minimum Gasteiger partial charge on any atom is -0.481 e. The number of nitrogens with one attached hydrogen (secondary N) is 1. The molecule has 1 unspecified atom stereocenters. The van der Waals surface area contributed by atoms with Crippen molar-refractivity contribution in [2.75, 3.05) is 20.3 Å². The fourth-order valence-corrected chi connectivity index (χ4v) is 1.92. The molecule has 0 saturated heterocycles. The first-order valence-corrected chi connectivity index (χ1v) is 7.17. The van der Waals surface area contributed by atoms with Crippen LogP contribution in [0.5, 0.6) is 5.75 Å². The smallest absolute Gasteiger partial charge is 0.260 e. The quantitative estimate of drug-likeness (QED) is 0.720. The largest absolute Gasteiger partial charge is 0.481 e. The molecular formula is C16H25NO4. The van der Waals surface area contributed by atoms with Gasteiger partial charge in [0.2, 0.25) is 0 Å². The van der Waals surface area contributed by atoms with Crippen molar-refractivity contribution >= 4 is 5.91 Å². The molecule has 0 fully saturated rings. The fraction of sp³-hybridized carbons (Fsp3) is 0.562. The second kappa shape index (κ2) is 8.64. The summed E-state index contributed by atoms with van der Waals surface area (Å²) >= 11 is 0. The number of methoxy groups -OCH3 is 1. The summed E-state index contributed by atoms with van der Waals surface area (Å²) in [6.07, 6.45) is -0.497. The Morgan fingerprint density at radius 1 is 1.38 bits per heavy atom. The van der Waals surface area contributed by atoms with E-state index in [2.05, 4.69) is 5.32 Å². The van der Waals surface area contributed by atoms with Crippen molar-refractivity contribution in [1.82, 2.24) is 5.32 Å². The summed E-state index contributed by atoms with van der Waals surface area (Å²) in [6, 6.07) is 5.54. The number of hydrogen-bond acceptors (Lipinski definition) is 4. The van der Waals surface area contributed by atoms with Gasteiger partial charge < -0.3 is 19.9 Å². The van der Waals surface area contributed by atoms with E-state index in [1.54, 1.807) is 27.0 Å². The molecule has 118 valence electrons. The van der Waals surface area contributed by atoms with E-state index >= 15 is 0 Å². The first-order chi connectivity index (χ1) is 9.95. The molecule has 1 aromatic carbocycles. The normalized spacial score (nSPS) is 13.6. The molecule has 0 saturated carbocycles. The van der Waals surface area contributed by atoms with Crippen molar-refractivity contribution in [1.29, 1.82) is 0 Å². The van der Waals surface area contributed by atoms with Crippen LogP contribution in [0.4, 0.5) is 0 Å². The van der Waals surface area contributed by atoms with Gasteiger partial charge in [-0.3, -0.25) is 4.79 Å². The molecule has 1 amide bonds. The number of hydrogen-bond donors (Lipinski definition) is 2. The lowest BCUT2D eigenvalue weighted by atomic mass is 10.1. The first kappa shape index (κ1) is 17.5. The highest BCUT2D eigenvalue weighted by Crippen LogP contribution is 2.27. The van der Waals surface area contributed by atoms with E-state index in [-0.39, 0.29) is 5.91 Å². The number of amides is 1. The highest BCUT2D eigenvalue weighted by molar-refractivity contribution is 5.80. The van der Waals surface area contributed by atoms with Crippen molar-refractivity contribution in [3.63, 3.8) is 0 Å². The second-order valence-corrected chi connectivity index (χ2v) is 5.11. The van der Waals surface area contributed by atoms with Crippen molar-refractivity contribution < 1.29 is 19.4 Å². The third-order valence-corrected chi connectivity index (χ3v) is 3.11. The van der Waals surface area contributed by atoms with Gasteiger partial charge in [0.05, 0.1) is 6.10 Å². The van der Waals surface area contributed by atoms with Gasteiger partial charge in [-0.2, -0.15) is 0 Å². The number of aliphatic hydroxyl groups excluding tert-OH is 1. The fourth-order valence-electron chi connectivity index (χ4n) is 1.92. The second-order valence-electron chi connectivity index (χ2n) is 5.11. The average molecular weight is 295 g/mol. The average Bonchev–Trinajstić information content (AvgIpc) is 2.44. The predicted molar refractivity (Wildman–Crippen MR) is 81.4 cm³/mol. The summed E-state index contributed by atoms with van der Waals surface area (Å²) in [4.78, 5) is 11.9. The molecular weight excluding hydrogens is 270 g/mol. The van der Waals surface area contributed by atoms with Crippen molar-refractivity contribution in [3.05, 3.63) is 29.3 Å². The maximum absolute atomic E-state index is 11.9. The Bertz CT molecular complexity index is 460. The van der Waals surface area contributed by atoms with Crippen LogP contribution >= 0.6 is 0 Å². The maximum atomic E-state index is 11.9. The summed E-state index contributed by atoms with van der Waals surface area (Å²) < 4.78 is 10.6. The van der Waals surface area contributed by atoms with Gasteiger partial charge in [0.1, 0.15) is 5.75 Å². The number of ether oxygens (including phenoxy) is 2. The van der Waals surface area contributed by atoms with Crippen LogP contribution < -0.4 is 10.1 Å². The zero-order chi connectivity index (χ0) is 15.8. The summed E-state index contributed by atoms with van der Waals surface area (Å²) in [5, 5.41) is 12.6. The lowest BCUT2D eigenvalue weighted by molar-refractivity contribution is -0.127. The van der Waals surface area contributed by atoms with Crippen molar-refractivity contribution in [2.24, 2.45) is 0 Å². The molecule has 0 aliphatic rings. The Balaban J connectivity index is 2.61. The topological polar surface area (TPSA) is 67.8 Å². The molecule has 0 aliphatic carbocycles. The molecule has 21 heavy (non-hydrogen) atoms. The van der Waals surface area contributed by atoms with Crippen molar-refractivity contribution in [3.8, 4) is 5.75 Å². The van der Waals surface area contributed by atoms with E-state index in [1.165, 1.54) is 0 Å². The molecule has 2 atom stereocenters. The summed E-state index contributed by atoms with van der Waals surface area (Å²) in [7, 11) is 1.63. The molecule has 5 nitrogen and oxygen atoms in total. The van der Waals surface area contributed by atoms with E-state index in [0.717, 1.165) is 12.0 Å². The number of rotatable bonds is 8. The highest BCUT2D eigenvalue weighted by atomic mass is 16.5. The molecule has 1 rings (SSSR count). The van der Waals surface area contributed by atoms with E-state index in [4.69, 9.17) is 9.47 Å². The van der Waals surface area contributed by atoms with Crippen LogP contribution in [-0.2, 0) is 9.53 Å². The number of carbonyl (C=O) groups is 1. The van der Waals surface area contributed by atoms with E-state index < -0.39 is 12.2 Å². The van der Waals surface area contributed by atoms with Crippen LogP contribution in [-0.4, -0.2) is 37.4 Å². The maximum Gasteiger partial charge on any atom is 0.260 e. The van der Waals surface area contributed by atoms with E-state index in [1.807, 2.05) is 19.1 Å². The van der Waals surface area contributed by atoms with Crippen LogP contribution in [0, 0.1) is 6.92 Å². The van der Waals surface area contributed by atoms with Crippen molar-refractivity contribution in [2.45, 2.75) is 39.4 Å². The molecule has 0 spiro atoms. The Kier molecular flexibility index (Phi) is 7.19. The monoisotopic (exact) mass is 295 g/mol. The number of aliphatic hydroxyl groups is 1. The lowest BCUT2D eigenvalue weighted by Crippen LogP contribution is -2.37. The third kappa shape index (κ3) is 5.73. The molecule has 0 heterocycles. The van der Waals surface area contributed by atoms with Crippen LogP contribution in [0.15, 0.2) is 18.2 Å². The standard InChI is InChI=1S/C16H25NO4/c1-11-6-7-15(14(10-11)12(2)18)21-13(3)16(19)17-8-5-9-20-4/h6-7,10,12-13,18H,5,8-9H2,1-4H3,(H,17,19)/t12-,13?/m1/s1. The highest BCUT2D eigenvalue weighted by Gasteiger charge is 2.17. The van der Waals surface area contributed by atoms with Crippen LogP contribution in [0.25, 0.3) is 0 Å². The first-order valence-electron chi connectivity index (χ1n) is 7.17. The zero-order valence-corrected chi connectivity index (χ0v) is 13.2. The van der Waals surface area contributed by atoms with Gasteiger partial charge >= 0.3 is 0 Å². The molecule has 0 bridgehead atoms. The lowest BCUT2D eigenvalue weighted by Gasteiger charge is -2.19. The molecule has 5 heteroatoms. The Morgan fingerprint density at radius 2 is 2.10 bits per heavy atom. The van der Waals surface area contributed by atoms with Gasteiger partial charge in [-0.1, -0.05) is 11.6 Å². The van der Waals surface area contributed by atoms with Crippen LogP contribution in [0.1, 0.15) is 37.5 Å². The third-order valence-electron chi connectivity index (χ3n) is 3.11. The SMILES string of the molecule is COCCCNC(=O)C(C)Oc1ccc(C)cc1[C@@H](C)O. The molecule has 0 aromatic heterocycles. The van der Waals surface area contributed by atoms with Gasteiger partial charge in [0.15, 0.2) is 6.10 Å². The molecule has 0 radical (unpaired) electrons. The summed E-state index contributed by atoms with van der Waals surface area (Å²) in [6.45, 7) is 6.48. The van der Waals surface area contributed by atoms with Gasteiger partial charge in [-0.25, -0.2) is 0 Å². The minimum atomic E-state index is -0.642. The predicted octanol–water partition coefficient (Wildman–Crippen LogP) is 1.97. The summed E-state index contributed by atoms with van der Waals surface area (Å²) in [5.41, 5.74) is 1.73. The molecule has 1 aromatic rings. The van der Waals surface area contributed by atoms with Crippen LogP contribution in [0.3, 0.4) is 0 Å². The number of benzene rings is 1. The summed E-state index contributed by atoms with van der Waals surface area (Å²) in [5.74, 6) is 0.360. The Morgan fingerprint density at radius 3 is 2.71 bits per heavy atom. The molecule has 0 aliphatic heterocycles. The van der Waals surface area contributed by atoms with Crippen LogP contribution in [0.2, 0.25) is 0 Å². The molecule has 2 N–H and O–H groups in total. The van der Waals surface area contributed by atoms with E-state index in [9.17, 15) is 9.90 Å². The van der Waals surface area contributed by atoms with Gasteiger partial charge in [-0.15, -0.1) is 0 Å². The number of aryl methyl sites for hydroxylation is 1. The van der Waals surface area contributed by atoms with Gasteiger partial charge in [-0.05, 0) is 39.3 Å².